The molecule has 6 fully saturated rings. The molecule has 0 bridgehead atoms. The third kappa shape index (κ3) is 2.40. The summed E-state index contributed by atoms with van der Waals surface area (Å²) in [6.07, 6.45) is 12.6. The van der Waals surface area contributed by atoms with Crippen LogP contribution in [-0.4, -0.2) is 50.2 Å². The average Bonchev–Trinajstić information content (AvgIpc) is 3.54. The van der Waals surface area contributed by atoms with E-state index in [0.29, 0.717) is 17.8 Å². The number of allylic oxidation sites excluding steroid dienone is 1. The van der Waals surface area contributed by atoms with Gasteiger partial charge in [-0.25, -0.2) is 0 Å². The van der Waals surface area contributed by atoms with Crippen LogP contribution in [-0.2, 0) is 23.7 Å². The molecule has 6 atom stereocenters. The molecule has 0 amide bonds. The summed E-state index contributed by atoms with van der Waals surface area (Å²) in [5, 5.41) is 0. The molecule has 1 unspecified atom stereocenters. The van der Waals surface area contributed by atoms with E-state index in [1.165, 1.54) is 19.3 Å². The zero-order valence-electron chi connectivity index (χ0n) is 19.3. The minimum absolute atomic E-state index is 0.0429. The maximum Gasteiger partial charge on any atom is 0.174 e. The normalized spacial score (nSPS) is 51.8. The fourth-order valence-electron chi connectivity index (χ4n) is 9.80. The third-order valence-corrected chi connectivity index (χ3v) is 10.9. The summed E-state index contributed by atoms with van der Waals surface area (Å²) < 4.78 is 32.0. The number of ether oxygens (including phenoxy) is 5. The molecule has 7 aliphatic rings. The predicted molar refractivity (Wildman–Crippen MR) is 114 cm³/mol. The average molecular weight is 431 g/mol. The van der Waals surface area contributed by atoms with Crippen molar-refractivity contribution in [3.05, 3.63) is 11.6 Å². The number of hydrogen-bond donors (Lipinski definition) is 0. The van der Waals surface area contributed by atoms with E-state index < -0.39 is 0 Å². The van der Waals surface area contributed by atoms with Crippen molar-refractivity contribution in [2.45, 2.75) is 88.8 Å². The van der Waals surface area contributed by atoms with Crippen LogP contribution in [0.2, 0.25) is 0 Å². The van der Waals surface area contributed by atoms with Gasteiger partial charge in [-0.05, 0) is 55.8 Å². The molecule has 3 saturated heterocycles. The highest BCUT2D eigenvalue weighted by molar-refractivity contribution is 5.31. The first-order chi connectivity index (χ1) is 14.9. The molecule has 3 spiro atoms. The van der Waals surface area contributed by atoms with Crippen LogP contribution in [0.1, 0.15) is 71.6 Å². The van der Waals surface area contributed by atoms with E-state index >= 15 is 0 Å². The Morgan fingerprint density at radius 2 is 1.61 bits per heavy atom. The summed E-state index contributed by atoms with van der Waals surface area (Å²) in [6.45, 7) is 8.91. The van der Waals surface area contributed by atoms with E-state index in [2.05, 4.69) is 19.9 Å². The lowest BCUT2D eigenvalue weighted by Gasteiger charge is -2.65. The molecule has 4 aliphatic carbocycles. The van der Waals surface area contributed by atoms with Gasteiger partial charge in [0.15, 0.2) is 11.6 Å². The largest absolute Gasteiger partial charge is 0.375 e. The van der Waals surface area contributed by atoms with Crippen molar-refractivity contribution in [2.24, 2.45) is 28.6 Å². The van der Waals surface area contributed by atoms with E-state index in [0.717, 1.165) is 71.6 Å². The highest BCUT2D eigenvalue weighted by Gasteiger charge is 2.73. The van der Waals surface area contributed by atoms with Crippen molar-refractivity contribution >= 4 is 0 Å². The molecule has 0 radical (unpaired) electrons. The topological polar surface area (TPSA) is 46.2 Å². The lowest BCUT2D eigenvalue weighted by molar-refractivity contribution is -0.279. The van der Waals surface area contributed by atoms with E-state index in [4.69, 9.17) is 23.7 Å². The Hall–Kier alpha value is -0.460. The summed E-state index contributed by atoms with van der Waals surface area (Å²) in [7, 11) is 0. The van der Waals surface area contributed by atoms with Crippen LogP contribution < -0.4 is 0 Å². The first-order valence-corrected chi connectivity index (χ1v) is 12.8. The minimum Gasteiger partial charge on any atom is -0.375 e. The molecule has 5 heteroatoms. The molecule has 3 saturated carbocycles. The van der Waals surface area contributed by atoms with Gasteiger partial charge in [0.25, 0.3) is 0 Å². The first kappa shape index (κ1) is 20.0. The molecule has 5 nitrogen and oxygen atoms in total. The quantitative estimate of drug-likeness (QED) is 0.526. The summed E-state index contributed by atoms with van der Waals surface area (Å²) in [5.74, 6) is 1.14. The van der Waals surface area contributed by atoms with E-state index in [9.17, 15) is 0 Å². The van der Waals surface area contributed by atoms with E-state index in [1.807, 2.05) is 0 Å². The minimum atomic E-state index is -0.380. The Balaban J connectivity index is 1.32. The molecular formula is C26H38O5. The SMILES string of the molecule is C[C@]12CCC3(CC1=CC[C@@H]1[C@@H]2C2(CCCO2)C[C@@]2(C)[C@H]1CCC21OCCO1)OCCO3. The molecular weight excluding hydrogens is 392 g/mol. The van der Waals surface area contributed by atoms with Crippen LogP contribution in [0.15, 0.2) is 11.6 Å². The van der Waals surface area contributed by atoms with Crippen LogP contribution >= 0.6 is 0 Å². The standard InChI is InChI=1S/C26H38O5/c1-22-9-10-25(28-12-13-29-25)16-18(22)4-5-19-20-6-8-26(30-14-15-31-26)23(20,2)17-24(21(19)22)7-3-11-27-24/h4,19-21H,3,5-17H2,1-2H3/t19-,20-,21-,22-,23-,24?/m0/s1. The Morgan fingerprint density at radius 3 is 2.35 bits per heavy atom. The van der Waals surface area contributed by atoms with Crippen molar-refractivity contribution in [2.75, 3.05) is 33.0 Å². The second kappa shape index (κ2) is 6.35. The van der Waals surface area contributed by atoms with Crippen molar-refractivity contribution in [1.29, 1.82) is 0 Å². The van der Waals surface area contributed by atoms with Crippen molar-refractivity contribution in [3.63, 3.8) is 0 Å². The second-order valence-electron chi connectivity index (χ2n) is 12.0. The highest BCUT2D eigenvalue weighted by atomic mass is 16.7. The van der Waals surface area contributed by atoms with E-state index in [1.54, 1.807) is 5.57 Å². The first-order valence-electron chi connectivity index (χ1n) is 12.8. The Bertz CT molecular complexity index is 788. The Morgan fingerprint density at radius 1 is 0.839 bits per heavy atom. The molecule has 3 heterocycles. The van der Waals surface area contributed by atoms with Crippen LogP contribution in [0, 0.1) is 28.6 Å². The monoisotopic (exact) mass is 430 g/mol. The van der Waals surface area contributed by atoms with Gasteiger partial charge < -0.3 is 23.7 Å². The summed E-state index contributed by atoms with van der Waals surface area (Å²) in [4.78, 5) is 0. The van der Waals surface area contributed by atoms with Crippen LogP contribution in [0.5, 0.6) is 0 Å². The predicted octanol–water partition coefficient (Wildman–Crippen LogP) is 4.59. The van der Waals surface area contributed by atoms with Gasteiger partial charge >= 0.3 is 0 Å². The van der Waals surface area contributed by atoms with Gasteiger partial charge in [0.1, 0.15) is 0 Å². The lowest BCUT2D eigenvalue weighted by atomic mass is 9.43. The van der Waals surface area contributed by atoms with Gasteiger partial charge in [0.05, 0.1) is 32.0 Å². The number of rotatable bonds is 0. The smallest absolute Gasteiger partial charge is 0.174 e. The fourth-order valence-corrected chi connectivity index (χ4v) is 9.80. The van der Waals surface area contributed by atoms with Gasteiger partial charge in [0, 0.05) is 37.2 Å². The van der Waals surface area contributed by atoms with Crippen LogP contribution in [0.4, 0.5) is 0 Å². The summed E-state index contributed by atoms with van der Waals surface area (Å²) >= 11 is 0. The molecule has 0 N–H and O–H groups in total. The third-order valence-electron chi connectivity index (χ3n) is 10.9. The van der Waals surface area contributed by atoms with Crippen LogP contribution in [0.3, 0.4) is 0 Å². The molecule has 172 valence electrons. The molecule has 0 aromatic heterocycles. The van der Waals surface area contributed by atoms with Gasteiger partial charge in [-0.3, -0.25) is 0 Å². The maximum absolute atomic E-state index is 6.86. The van der Waals surface area contributed by atoms with E-state index in [-0.39, 0.29) is 28.0 Å². The molecule has 3 aliphatic heterocycles. The maximum atomic E-state index is 6.86. The molecule has 7 rings (SSSR count). The number of hydrogen-bond acceptors (Lipinski definition) is 5. The van der Waals surface area contributed by atoms with Gasteiger partial charge in [-0.1, -0.05) is 25.5 Å². The Kier molecular flexibility index (Phi) is 4.09. The molecule has 0 aromatic carbocycles. The lowest BCUT2D eigenvalue weighted by Crippen LogP contribution is -2.65. The van der Waals surface area contributed by atoms with Gasteiger partial charge in [-0.2, -0.15) is 0 Å². The van der Waals surface area contributed by atoms with Crippen LogP contribution in [0.25, 0.3) is 0 Å². The summed E-state index contributed by atoms with van der Waals surface area (Å²) in [6, 6.07) is 0. The highest BCUT2D eigenvalue weighted by Crippen LogP contribution is 2.73. The number of fused-ring (bicyclic) bond motifs is 7. The molecule has 0 aromatic rings. The Labute approximate surface area is 186 Å². The summed E-state index contributed by atoms with van der Waals surface area (Å²) in [5.41, 5.74) is 1.77. The van der Waals surface area contributed by atoms with Crippen molar-refractivity contribution in [1.82, 2.24) is 0 Å². The second-order valence-corrected chi connectivity index (χ2v) is 12.0. The van der Waals surface area contributed by atoms with Crippen molar-refractivity contribution < 1.29 is 23.7 Å². The van der Waals surface area contributed by atoms with Gasteiger partial charge in [0.2, 0.25) is 0 Å². The van der Waals surface area contributed by atoms with Crippen molar-refractivity contribution in [3.8, 4) is 0 Å². The fraction of sp³-hybridized carbons (Fsp3) is 0.923. The van der Waals surface area contributed by atoms with Gasteiger partial charge in [-0.15, -0.1) is 0 Å². The molecule has 31 heavy (non-hydrogen) atoms. The zero-order valence-corrected chi connectivity index (χ0v) is 19.3. The zero-order chi connectivity index (χ0) is 21.0.